The fourth-order valence-electron chi connectivity index (χ4n) is 2.10. The molecule has 0 saturated heterocycles. The number of aryl methyl sites for hydroxylation is 1. The molecule has 0 aliphatic carbocycles. The predicted octanol–water partition coefficient (Wildman–Crippen LogP) is 2.40. The normalized spacial score (nSPS) is 11.7. The van der Waals surface area contributed by atoms with E-state index in [9.17, 15) is 13.2 Å². The molecular weight excluding hydrogens is 271 g/mol. The molecule has 2 aromatic heterocycles. The standard InChI is InChI=1S/C12H10F3N5/c1-6-18-19-12-17-11(16-5-9(14)15)10-7(13)3-2-4-8(10)20(6)12/h2-4,9H,5H2,1H3,(H,16,17,19). The Bertz CT molecular complexity index is 783. The molecule has 0 aliphatic heterocycles. The number of benzene rings is 1. The van der Waals surface area contributed by atoms with Crippen molar-refractivity contribution < 1.29 is 13.2 Å². The van der Waals surface area contributed by atoms with Gasteiger partial charge in [-0.3, -0.25) is 4.40 Å². The first kappa shape index (κ1) is 12.6. The van der Waals surface area contributed by atoms with Crippen molar-refractivity contribution in [3.05, 3.63) is 29.8 Å². The lowest BCUT2D eigenvalue weighted by Gasteiger charge is -2.10. The van der Waals surface area contributed by atoms with Gasteiger partial charge in [0.1, 0.15) is 17.5 Å². The monoisotopic (exact) mass is 281 g/mol. The van der Waals surface area contributed by atoms with Crippen molar-refractivity contribution >= 4 is 22.5 Å². The third kappa shape index (κ3) is 1.93. The first-order valence-electron chi connectivity index (χ1n) is 5.90. The molecule has 5 nitrogen and oxygen atoms in total. The van der Waals surface area contributed by atoms with Crippen molar-refractivity contribution in [2.24, 2.45) is 0 Å². The third-order valence-corrected chi connectivity index (χ3v) is 2.91. The Labute approximate surface area is 111 Å². The number of alkyl halides is 2. The molecule has 0 radical (unpaired) electrons. The van der Waals surface area contributed by atoms with Gasteiger partial charge >= 0.3 is 0 Å². The van der Waals surface area contributed by atoms with Gasteiger partial charge in [0.25, 0.3) is 12.2 Å². The molecule has 3 rings (SSSR count). The van der Waals surface area contributed by atoms with Crippen LogP contribution in [-0.2, 0) is 0 Å². The number of hydrogen-bond donors (Lipinski definition) is 1. The maximum absolute atomic E-state index is 14.0. The highest BCUT2D eigenvalue weighted by Crippen LogP contribution is 2.26. The van der Waals surface area contributed by atoms with Crippen LogP contribution in [0.3, 0.4) is 0 Å². The van der Waals surface area contributed by atoms with E-state index in [1.807, 2.05) is 0 Å². The van der Waals surface area contributed by atoms with E-state index in [1.165, 1.54) is 12.1 Å². The quantitative estimate of drug-likeness (QED) is 0.801. The minimum atomic E-state index is -2.56. The molecule has 0 atom stereocenters. The first-order valence-corrected chi connectivity index (χ1v) is 5.90. The summed E-state index contributed by atoms with van der Waals surface area (Å²) in [5, 5.41) is 10.3. The van der Waals surface area contributed by atoms with Gasteiger partial charge in [0.05, 0.1) is 17.4 Å². The number of anilines is 1. The van der Waals surface area contributed by atoms with E-state index in [0.29, 0.717) is 11.3 Å². The summed E-state index contributed by atoms with van der Waals surface area (Å²) in [5.41, 5.74) is 0.481. The Morgan fingerprint density at radius 1 is 1.30 bits per heavy atom. The fraction of sp³-hybridized carbons (Fsp3) is 0.250. The van der Waals surface area contributed by atoms with E-state index in [2.05, 4.69) is 20.5 Å². The molecule has 0 saturated carbocycles. The van der Waals surface area contributed by atoms with Gasteiger partial charge in [0.15, 0.2) is 0 Å². The molecule has 20 heavy (non-hydrogen) atoms. The molecular formula is C12H10F3N5. The number of aromatic nitrogens is 4. The van der Waals surface area contributed by atoms with Crippen LogP contribution >= 0.6 is 0 Å². The highest BCUT2D eigenvalue weighted by molar-refractivity contribution is 5.91. The average Bonchev–Trinajstić information content (AvgIpc) is 2.78. The van der Waals surface area contributed by atoms with Gasteiger partial charge in [0, 0.05) is 0 Å². The number of hydrogen-bond acceptors (Lipinski definition) is 4. The number of nitrogens with one attached hydrogen (secondary N) is 1. The first-order chi connectivity index (χ1) is 9.58. The van der Waals surface area contributed by atoms with Gasteiger partial charge in [-0.15, -0.1) is 10.2 Å². The van der Waals surface area contributed by atoms with E-state index < -0.39 is 18.8 Å². The second-order valence-corrected chi connectivity index (χ2v) is 4.25. The van der Waals surface area contributed by atoms with Crippen LogP contribution in [0.25, 0.3) is 16.7 Å². The Hall–Kier alpha value is -2.38. The summed E-state index contributed by atoms with van der Waals surface area (Å²) >= 11 is 0. The van der Waals surface area contributed by atoms with Crippen molar-refractivity contribution in [2.45, 2.75) is 13.3 Å². The lowest BCUT2D eigenvalue weighted by Crippen LogP contribution is -2.13. The van der Waals surface area contributed by atoms with Crippen molar-refractivity contribution in [1.82, 2.24) is 19.6 Å². The minimum absolute atomic E-state index is 0.0401. The van der Waals surface area contributed by atoms with Crippen LogP contribution in [0.1, 0.15) is 5.82 Å². The number of halogens is 3. The Balaban J connectivity index is 2.31. The van der Waals surface area contributed by atoms with Gasteiger partial charge in [-0.25, -0.2) is 13.2 Å². The van der Waals surface area contributed by atoms with Crippen LogP contribution in [0.4, 0.5) is 19.0 Å². The second-order valence-electron chi connectivity index (χ2n) is 4.25. The highest BCUT2D eigenvalue weighted by atomic mass is 19.3. The Morgan fingerprint density at radius 2 is 2.10 bits per heavy atom. The molecule has 8 heteroatoms. The van der Waals surface area contributed by atoms with Gasteiger partial charge < -0.3 is 5.32 Å². The molecule has 0 unspecified atom stereocenters. The minimum Gasteiger partial charge on any atom is -0.364 e. The van der Waals surface area contributed by atoms with Crippen molar-refractivity contribution in [2.75, 3.05) is 11.9 Å². The smallest absolute Gasteiger partial charge is 0.257 e. The summed E-state index contributed by atoms with van der Waals surface area (Å²) in [4.78, 5) is 4.06. The molecule has 1 aromatic carbocycles. The van der Waals surface area contributed by atoms with Crippen molar-refractivity contribution in [3.8, 4) is 0 Å². The van der Waals surface area contributed by atoms with Crippen molar-refractivity contribution in [3.63, 3.8) is 0 Å². The lowest BCUT2D eigenvalue weighted by atomic mass is 10.2. The Morgan fingerprint density at radius 3 is 2.85 bits per heavy atom. The largest absolute Gasteiger partial charge is 0.364 e. The van der Waals surface area contributed by atoms with E-state index in [1.54, 1.807) is 17.4 Å². The summed E-state index contributed by atoms with van der Waals surface area (Å²) in [6.07, 6.45) is -2.56. The van der Waals surface area contributed by atoms with Gasteiger partial charge in [-0.05, 0) is 19.1 Å². The SMILES string of the molecule is Cc1nnc2nc(NCC(F)F)c3c(F)cccc3n12. The highest BCUT2D eigenvalue weighted by Gasteiger charge is 2.15. The lowest BCUT2D eigenvalue weighted by molar-refractivity contribution is 0.163. The molecule has 104 valence electrons. The maximum Gasteiger partial charge on any atom is 0.257 e. The van der Waals surface area contributed by atoms with E-state index in [0.717, 1.165) is 0 Å². The number of rotatable bonds is 3. The topological polar surface area (TPSA) is 55.1 Å². The van der Waals surface area contributed by atoms with Gasteiger partial charge in [-0.2, -0.15) is 4.98 Å². The average molecular weight is 281 g/mol. The van der Waals surface area contributed by atoms with Crippen LogP contribution in [0.5, 0.6) is 0 Å². The molecule has 2 heterocycles. The van der Waals surface area contributed by atoms with Crippen LogP contribution in [0.15, 0.2) is 18.2 Å². The zero-order chi connectivity index (χ0) is 14.3. The number of nitrogens with zero attached hydrogens (tertiary/aromatic N) is 4. The Kier molecular flexibility index (Phi) is 2.92. The predicted molar refractivity (Wildman–Crippen MR) is 67.5 cm³/mol. The summed E-state index contributed by atoms with van der Waals surface area (Å²) in [6, 6.07) is 4.45. The molecule has 0 spiro atoms. The van der Waals surface area contributed by atoms with E-state index in [-0.39, 0.29) is 17.0 Å². The molecule has 0 bridgehead atoms. The van der Waals surface area contributed by atoms with Gasteiger partial charge in [-0.1, -0.05) is 6.07 Å². The number of fused-ring (bicyclic) bond motifs is 3. The molecule has 0 amide bonds. The second kappa shape index (κ2) is 4.62. The zero-order valence-corrected chi connectivity index (χ0v) is 10.4. The van der Waals surface area contributed by atoms with Gasteiger partial charge in [0.2, 0.25) is 0 Å². The summed E-state index contributed by atoms with van der Waals surface area (Å²) in [6.45, 7) is 1.10. The molecule has 1 N–H and O–H groups in total. The maximum atomic E-state index is 14.0. The van der Waals surface area contributed by atoms with Crippen LogP contribution < -0.4 is 5.32 Å². The molecule has 3 aromatic rings. The van der Waals surface area contributed by atoms with Crippen LogP contribution in [0, 0.1) is 12.7 Å². The van der Waals surface area contributed by atoms with Crippen LogP contribution in [-0.4, -0.2) is 32.6 Å². The summed E-state index contributed by atoms with van der Waals surface area (Å²) < 4.78 is 40.2. The molecule has 0 fully saturated rings. The summed E-state index contributed by atoms with van der Waals surface area (Å²) in [7, 11) is 0. The van der Waals surface area contributed by atoms with E-state index >= 15 is 0 Å². The zero-order valence-electron chi connectivity index (χ0n) is 10.4. The van der Waals surface area contributed by atoms with Crippen molar-refractivity contribution in [1.29, 1.82) is 0 Å². The van der Waals surface area contributed by atoms with Crippen LogP contribution in [0.2, 0.25) is 0 Å². The third-order valence-electron chi connectivity index (χ3n) is 2.91. The summed E-state index contributed by atoms with van der Waals surface area (Å²) in [5.74, 6) is 0.279. The fourth-order valence-corrected chi connectivity index (χ4v) is 2.10. The molecule has 0 aliphatic rings. The van der Waals surface area contributed by atoms with E-state index in [4.69, 9.17) is 0 Å².